The number of hydrogen-bond donors (Lipinski definition) is 1. The Morgan fingerprint density at radius 3 is 1.96 bits per heavy atom. The zero-order chi connectivity index (χ0) is 18.2. The summed E-state index contributed by atoms with van der Waals surface area (Å²) in [6.45, 7) is 10.1. The Morgan fingerprint density at radius 1 is 0.792 bits per heavy atom. The van der Waals surface area contributed by atoms with Crippen molar-refractivity contribution in [1.29, 1.82) is 0 Å². The van der Waals surface area contributed by atoms with Crippen molar-refractivity contribution < 1.29 is 14.3 Å². The molecular formula is C20H39NO3. The first kappa shape index (κ1) is 22.9. The highest BCUT2D eigenvalue weighted by molar-refractivity contribution is 5.81. The summed E-state index contributed by atoms with van der Waals surface area (Å²) in [6.07, 6.45) is 9.48. The lowest BCUT2D eigenvalue weighted by molar-refractivity contribution is -0.145. The molecule has 0 atom stereocenters. The summed E-state index contributed by atoms with van der Waals surface area (Å²) in [5.74, 6) is 1.18. The second kappa shape index (κ2) is 15.5. The maximum Gasteiger partial charge on any atom is 0.306 e. The minimum atomic E-state index is -0.258. The predicted molar refractivity (Wildman–Crippen MR) is 99.8 cm³/mol. The van der Waals surface area contributed by atoms with Gasteiger partial charge in [-0.1, -0.05) is 66.2 Å². The first-order valence-corrected chi connectivity index (χ1v) is 9.84. The molecule has 142 valence electrons. The van der Waals surface area contributed by atoms with Gasteiger partial charge in [-0.3, -0.25) is 9.59 Å². The van der Waals surface area contributed by atoms with Crippen molar-refractivity contribution in [3.63, 3.8) is 0 Å². The molecule has 0 radical (unpaired) electrons. The second-order valence-corrected chi connectivity index (χ2v) is 7.56. The van der Waals surface area contributed by atoms with Gasteiger partial charge >= 0.3 is 5.97 Å². The van der Waals surface area contributed by atoms with Crippen LogP contribution >= 0.6 is 0 Å². The van der Waals surface area contributed by atoms with Gasteiger partial charge < -0.3 is 10.1 Å². The molecule has 1 N–H and O–H groups in total. The number of nitrogens with one attached hydrogen (secondary N) is 1. The largest absolute Gasteiger partial charge is 0.466 e. The van der Waals surface area contributed by atoms with Gasteiger partial charge in [-0.05, 0) is 24.7 Å². The Bertz CT molecular complexity index is 295. The summed E-state index contributed by atoms with van der Waals surface area (Å²) in [5.41, 5.74) is 0. The van der Waals surface area contributed by atoms with Crippen LogP contribution < -0.4 is 5.32 Å². The van der Waals surface area contributed by atoms with E-state index in [-0.39, 0.29) is 24.7 Å². The maximum absolute atomic E-state index is 11.6. The van der Waals surface area contributed by atoms with E-state index in [1.54, 1.807) is 0 Å². The van der Waals surface area contributed by atoms with E-state index in [0.29, 0.717) is 13.2 Å². The average Bonchev–Trinajstić information content (AvgIpc) is 2.51. The summed E-state index contributed by atoms with van der Waals surface area (Å²) in [7, 11) is 0. The molecule has 0 heterocycles. The third-order valence-electron chi connectivity index (χ3n) is 4.03. The smallest absolute Gasteiger partial charge is 0.306 e. The number of unbranched alkanes of at least 4 members (excludes halogenated alkanes) is 4. The number of ether oxygens (including phenoxy) is 1. The fourth-order valence-electron chi connectivity index (χ4n) is 2.48. The Kier molecular flexibility index (Phi) is 14.8. The van der Waals surface area contributed by atoms with Crippen LogP contribution in [0.1, 0.15) is 91.9 Å². The van der Waals surface area contributed by atoms with Crippen LogP contribution in [0.2, 0.25) is 0 Å². The third-order valence-corrected chi connectivity index (χ3v) is 4.03. The second-order valence-electron chi connectivity index (χ2n) is 7.56. The Balaban J connectivity index is 3.40. The van der Waals surface area contributed by atoms with Crippen molar-refractivity contribution in [3.05, 3.63) is 0 Å². The predicted octanol–water partition coefficient (Wildman–Crippen LogP) is 4.86. The molecule has 0 aliphatic heterocycles. The van der Waals surface area contributed by atoms with E-state index >= 15 is 0 Å². The summed E-state index contributed by atoms with van der Waals surface area (Å²) in [6, 6.07) is 0. The van der Waals surface area contributed by atoms with E-state index in [1.165, 1.54) is 25.7 Å². The van der Waals surface area contributed by atoms with Gasteiger partial charge in [-0.15, -0.1) is 0 Å². The zero-order valence-electron chi connectivity index (χ0n) is 16.4. The van der Waals surface area contributed by atoms with Crippen LogP contribution in [0.5, 0.6) is 0 Å². The molecule has 0 saturated carbocycles. The van der Waals surface area contributed by atoms with Gasteiger partial charge in [0.2, 0.25) is 5.91 Å². The van der Waals surface area contributed by atoms with Gasteiger partial charge in [-0.2, -0.15) is 0 Å². The fraction of sp³-hybridized carbons (Fsp3) is 0.900. The summed E-state index contributed by atoms with van der Waals surface area (Å²) in [4.78, 5) is 23.2. The number of carbonyl (C=O) groups is 2. The third kappa shape index (κ3) is 17.3. The van der Waals surface area contributed by atoms with Crippen LogP contribution in [0.4, 0.5) is 0 Å². The van der Waals surface area contributed by atoms with Gasteiger partial charge in [0.25, 0.3) is 0 Å². The lowest BCUT2D eigenvalue weighted by Crippen LogP contribution is -2.25. The molecule has 0 unspecified atom stereocenters. The van der Waals surface area contributed by atoms with Gasteiger partial charge in [0.05, 0.1) is 13.0 Å². The molecule has 0 saturated heterocycles. The minimum absolute atomic E-state index is 0.0484. The van der Waals surface area contributed by atoms with E-state index < -0.39 is 0 Å². The highest BCUT2D eigenvalue weighted by atomic mass is 16.5. The van der Waals surface area contributed by atoms with Crippen molar-refractivity contribution in [3.8, 4) is 0 Å². The van der Waals surface area contributed by atoms with E-state index in [4.69, 9.17) is 4.74 Å². The number of hydrogen-bond acceptors (Lipinski definition) is 3. The summed E-state index contributed by atoms with van der Waals surface area (Å²) in [5, 5.41) is 2.87. The molecule has 0 aliphatic carbocycles. The monoisotopic (exact) mass is 341 g/mol. The molecule has 0 aromatic carbocycles. The van der Waals surface area contributed by atoms with Crippen molar-refractivity contribution in [2.24, 2.45) is 11.8 Å². The molecule has 0 rings (SSSR count). The topological polar surface area (TPSA) is 55.4 Å². The van der Waals surface area contributed by atoms with E-state index in [1.807, 2.05) is 0 Å². The highest BCUT2D eigenvalue weighted by Gasteiger charge is 2.07. The van der Waals surface area contributed by atoms with Crippen LogP contribution in [-0.4, -0.2) is 25.0 Å². The highest BCUT2D eigenvalue weighted by Crippen LogP contribution is 2.08. The number of rotatable bonds is 15. The van der Waals surface area contributed by atoms with Crippen molar-refractivity contribution in [2.45, 2.75) is 91.9 Å². The molecule has 4 heteroatoms. The lowest BCUT2D eigenvalue weighted by Gasteiger charge is -2.07. The number of amides is 1. The standard InChI is InChI=1S/C20H39NO3/c1-17(2)11-7-5-9-15-21-19(22)13-14-20(23)24-16-10-6-8-12-18(3)4/h17-18H,5-16H2,1-4H3,(H,21,22). The van der Waals surface area contributed by atoms with Crippen molar-refractivity contribution in [2.75, 3.05) is 13.2 Å². The van der Waals surface area contributed by atoms with E-state index in [9.17, 15) is 9.59 Å². The maximum atomic E-state index is 11.6. The van der Waals surface area contributed by atoms with Gasteiger partial charge in [0, 0.05) is 13.0 Å². The first-order valence-electron chi connectivity index (χ1n) is 9.84. The molecule has 0 fully saturated rings. The van der Waals surface area contributed by atoms with Crippen molar-refractivity contribution >= 4 is 11.9 Å². The number of esters is 1. The average molecular weight is 342 g/mol. The SMILES string of the molecule is CC(C)CCCCCNC(=O)CCC(=O)OCCCCCC(C)C. The quantitative estimate of drug-likeness (QED) is 0.342. The molecular weight excluding hydrogens is 302 g/mol. The van der Waals surface area contributed by atoms with Gasteiger partial charge in [-0.25, -0.2) is 0 Å². The van der Waals surface area contributed by atoms with Crippen LogP contribution in [0.15, 0.2) is 0 Å². The van der Waals surface area contributed by atoms with Gasteiger partial charge in [0.15, 0.2) is 0 Å². The molecule has 0 aliphatic rings. The molecule has 0 spiro atoms. The Labute approximate surface area is 149 Å². The summed E-state index contributed by atoms with van der Waals surface area (Å²) < 4.78 is 5.16. The molecule has 4 nitrogen and oxygen atoms in total. The van der Waals surface area contributed by atoms with Crippen LogP contribution in [0.3, 0.4) is 0 Å². The van der Waals surface area contributed by atoms with Crippen molar-refractivity contribution in [1.82, 2.24) is 5.32 Å². The molecule has 24 heavy (non-hydrogen) atoms. The zero-order valence-corrected chi connectivity index (χ0v) is 16.4. The lowest BCUT2D eigenvalue weighted by atomic mass is 10.1. The normalized spacial score (nSPS) is 11.1. The molecule has 0 bridgehead atoms. The van der Waals surface area contributed by atoms with E-state index in [2.05, 4.69) is 33.0 Å². The van der Waals surface area contributed by atoms with Gasteiger partial charge in [0.1, 0.15) is 0 Å². The Hall–Kier alpha value is -1.06. The number of carbonyl (C=O) groups excluding carboxylic acids is 2. The molecule has 1 amide bonds. The first-order chi connectivity index (χ1) is 11.4. The van der Waals surface area contributed by atoms with Crippen LogP contribution in [0.25, 0.3) is 0 Å². The molecule has 0 aromatic heterocycles. The van der Waals surface area contributed by atoms with E-state index in [0.717, 1.165) is 37.5 Å². The fourth-order valence-corrected chi connectivity index (χ4v) is 2.48. The van der Waals surface area contributed by atoms with Crippen LogP contribution in [-0.2, 0) is 14.3 Å². The summed E-state index contributed by atoms with van der Waals surface area (Å²) >= 11 is 0. The van der Waals surface area contributed by atoms with Crippen LogP contribution in [0, 0.1) is 11.8 Å². The Morgan fingerprint density at radius 2 is 1.38 bits per heavy atom. The minimum Gasteiger partial charge on any atom is -0.466 e. The molecule has 0 aromatic rings.